The molecule has 0 heterocycles. The van der Waals surface area contributed by atoms with Crippen molar-refractivity contribution in [2.75, 3.05) is 0 Å². The van der Waals surface area contributed by atoms with Gasteiger partial charge in [0.2, 0.25) is 6.43 Å². The molecule has 0 bridgehead atoms. The molecular weight excluding hydrogens is 226 g/mol. The van der Waals surface area contributed by atoms with E-state index < -0.39 is 6.43 Å². The van der Waals surface area contributed by atoms with Crippen LogP contribution >= 0.6 is 15.9 Å². The van der Waals surface area contributed by atoms with Crippen LogP contribution in [-0.2, 0) is 11.8 Å². The van der Waals surface area contributed by atoms with E-state index in [2.05, 4.69) is 15.9 Å². The Bertz CT molecular complexity index is 248. The van der Waals surface area contributed by atoms with Crippen molar-refractivity contribution in [2.24, 2.45) is 0 Å². The van der Waals surface area contributed by atoms with Crippen LogP contribution in [0.5, 0.6) is 0 Å². The van der Waals surface area contributed by atoms with Gasteiger partial charge in [0.1, 0.15) is 0 Å². The quantitative estimate of drug-likeness (QED) is 0.704. The molecule has 0 saturated heterocycles. The van der Waals surface area contributed by atoms with Crippen molar-refractivity contribution < 1.29 is 8.78 Å². The highest BCUT2D eigenvalue weighted by Crippen LogP contribution is 2.12. The van der Waals surface area contributed by atoms with E-state index >= 15 is 0 Å². The molecule has 0 N–H and O–H groups in total. The average molecular weight is 235 g/mol. The van der Waals surface area contributed by atoms with Crippen LogP contribution in [0.1, 0.15) is 11.1 Å². The number of rotatable bonds is 3. The highest BCUT2D eigenvalue weighted by molar-refractivity contribution is 9.08. The third-order valence-corrected chi connectivity index (χ3v) is 2.18. The van der Waals surface area contributed by atoms with Gasteiger partial charge in [-0.05, 0) is 11.1 Å². The minimum atomic E-state index is -2.25. The molecule has 3 heteroatoms. The zero-order chi connectivity index (χ0) is 8.97. The fourth-order valence-electron chi connectivity index (χ4n) is 1.02. The average Bonchev–Trinajstić information content (AvgIpc) is 2.03. The molecule has 12 heavy (non-hydrogen) atoms. The SMILES string of the molecule is FC(F)Cc1cccc(CBr)c1. The maximum atomic E-state index is 11.9. The molecule has 0 unspecified atom stereocenters. The second-order valence-electron chi connectivity index (χ2n) is 2.55. The van der Waals surface area contributed by atoms with Gasteiger partial charge in [0.25, 0.3) is 0 Å². The van der Waals surface area contributed by atoms with E-state index in [1.165, 1.54) is 0 Å². The second kappa shape index (κ2) is 4.55. The largest absolute Gasteiger partial charge is 0.242 e. The Labute approximate surface area is 78.7 Å². The Kier molecular flexibility index (Phi) is 3.66. The van der Waals surface area contributed by atoms with E-state index in [4.69, 9.17) is 0 Å². The first kappa shape index (κ1) is 9.65. The van der Waals surface area contributed by atoms with E-state index in [0.29, 0.717) is 10.9 Å². The van der Waals surface area contributed by atoms with Crippen molar-refractivity contribution in [1.29, 1.82) is 0 Å². The predicted molar refractivity (Wildman–Crippen MR) is 48.8 cm³/mol. The molecule has 0 radical (unpaired) electrons. The predicted octanol–water partition coefficient (Wildman–Crippen LogP) is 3.39. The summed E-state index contributed by atoms with van der Waals surface area (Å²) in [5, 5.41) is 0.712. The van der Waals surface area contributed by atoms with Gasteiger partial charge in [-0.1, -0.05) is 40.2 Å². The fraction of sp³-hybridized carbons (Fsp3) is 0.333. The number of hydrogen-bond acceptors (Lipinski definition) is 0. The van der Waals surface area contributed by atoms with E-state index in [1.54, 1.807) is 18.2 Å². The summed E-state index contributed by atoms with van der Waals surface area (Å²) >= 11 is 3.27. The number of benzene rings is 1. The topological polar surface area (TPSA) is 0 Å². The van der Waals surface area contributed by atoms with Crippen LogP contribution in [0, 0.1) is 0 Å². The molecule has 0 aliphatic heterocycles. The van der Waals surface area contributed by atoms with Gasteiger partial charge in [0.05, 0.1) is 0 Å². The molecule has 0 aliphatic carbocycles. The van der Waals surface area contributed by atoms with Crippen molar-refractivity contribution in [1.82, 2.24) is 0 Å². The van der Waals surface area contributed by atoms with Crippen molar-refractivity contribution in [2.45, 2.75) is 18.2 Å². The molecule has 0 atom stereocenters. The number of halogens is 3. The fourth-order valence-corrected chi connectivity index (χ4v) is 1.37. The van der Waals surface area contributed by atoms with Crippen LogP contribution in [0.25, 0.3) is 0 Å². The van der Waals surface area contributed by atoms with Gasteiger partial charge in [-0.3, -0.25) is 0 Å². The normalized spacial score (nSPS) is 10.7. The molecule has 0 spiro atoms. The van der Waals surface area contributed by atoms with E-state index in [0.717, 1.165) is 5.56 Å². The molecule has 0 fully saturated rings. The minimum absolute atomic E-state index is 0.152. The molecular formula is C9H9BrF2. The molecule has 0 aliphatic rings. The highest BCUT2D eigenvalue weighted by atomic mass is 79.9. The summed E-state index contributed by atoms with van der Waals surface area (Å²) < 4.78 is 23.9. The van der Waals surface area contributed by atoms with Crippen LogP contribution in [-0.4, -0.2) is 6.43 Å². The molecule has 0 amide bonds. The van der Waals surface area contributed by atoms with Gasteiger partial charge >= 0.3 is 0 Å². The minimum Gasteiger partial charge on any atom is -0.210 e. The lowest BCUT2D eigenvalue weighted by molar-refractivity contribution is 0.149. The monoisotopic (exact) mass is 234 g/mol. The molecule has 0 nitrogen and oxygen atoms in total. The molecule has 0 saturated carbocycles. The van der Waals surface area contributed by atoms with Crippen molar-refractivity contribution in [3.63, 3.8) is 0 Å². The van der Waals surface area contributed by atoms with Crippen LogP contribution in [0.15, 0.2) is 24.3 Å². The Morgan fingerprint density at radius 3 is 2.50 bits per heavy atom. The Balaban J connectivity index is 2.72. The van der Waals surface area contributed by atoms with Crippen LogP contribution < -0.4 is 0 Å². The summed E-state index contributed by atoms with van der Waals surface area (Å²) in [6.45, 7) is 0. The van der Waals surface area contributed by atoms with Gasteiger partial charge in [0.15, 0.2) is 0 Å². The number of alkyl halides is 3. The lowest BCUT2D eigenvalue weighted by atomic mass is 10.1. The standard InChI is InChI=1S/C9H9BrF2/c10-6-8-3-1-2-7(4-8)5-9(11)12/h1-4,9H,5-6H2. The first-order chi connectivity index (χ1) is 5.72. The van der Waals surface area contributed by atoms with E-state index in [9.17, 15) is 8.78 Å². The van der Waals surface area contributed by atoms with Gasteiger partial charge in [0, 0.05) is 11.8 Å². The second-order valence-corrected chi connectivity index (χ2v) is 3.11. The Morgan fingerprint density at radius 2 is 1.92 bits per heavy atom. The lowest BCUT2D eigenvalue weighted by Crippen LogP contribution is -1.96. The number of hydrogen-bond donors (Lipinski definition) is 0. The maximum absolute atomic E-state index is 11.9. The zero-order valence-electron chi connectivity index (χ0n) is 6.43. The molecule has 1 aromatic rings. The summed E-state index contributed by atoms with van der Waals surface area (Å²) in [7, 11) is 0. The summed E-state index contributed by atoms with van der Waals surface area (Å²) in [5.41, 5.74) is 1.73. The smallest absolute Gasteiger partial charge is 0.210 e. The van der Waals surface area contributed by atoms with Gasteiger partial charge in [-0.2, -0.15) is 0 Å². The summed E-state index contributed by atoms with van der Waals surface area (Å²) in [6, 6.07) is 7.22. The maximum Gasteiger partial charge on any atom is 0.242 e. The van der Waals surface area contributed by atoms with Crippen molar-refractivity contribution >= 4 is 15.9 Å². The highest BCUT2D eigenvalue weighted by Gasteiger charge is 2.03. The van der Waals surface area contributed by atoms with Gasteiger partial charge in [-0.15, -0.1) is 0 Å². The summed E-state index contributed by atoms with van der Waals surface area (Å²) in [5.74, 6) is 0. The van der Waals surface area contributed by atoms with Crippen LogP contribution in [0.3, 0.4) is 0 Å². The van der Waals surface area contributed by atoms with Crippen molar-refractivity contribution in [3.8, 4) is 0 Å². The summed E-state index contributed by atoms with van der Waals surface area (Å²) in [6.07, 6.45) is -2.41. The Morgan fingerprint density at radius 1 is 1.25 bits per heavy atom. The third-order valence-electron chi connectivity index (χ3n) is 1.54. The zero-order valence-corrected chi connectivity index (χ0v) is 8.02. The first-order valence-electron chi connectivity index (χ1n) is 3.64. The lowest BCUT2D eigenvalue weighted by Gasteiger charge is -2.01. The van der Waals surface area contributed by atoms with Crippen LogP contribution in [0.2, 0.25) is 0 Å². The van der Waals surface area contributed by atoms with Crippen molar-refractivity contribution in [3.05, 3.63) is 35.4 Å². The van der Waals surface area contributed by atoms with E-state index in [-0.39, 0.29) is 6.42 Å². The third kappa shape index (κ3) is 2.89. The molecule has 0 aromatic heterocycles. The Hall–Kier alpha value is -0.440. The molecule has 66 valence electrons. The molecule has 1 aromatic carbocycles. The first-order valence-corrected chi connectivity index (χ1v) is 4.76. The van der Waals surface area contributed by atoms with E-state index in [1.807, 2.05) is 6.07 Å². The van der Waals surface area contributed by atoms with Crippen LogP contribution in [0.4, 0.5) is 8.78 Å². The van der Waals surface area contributed by atoms with Gasteiger partial charge in [-0.25, -0.2) is 8.78 Å². The molecule has 1 rings (SSSR count). The summed E-state index contributed by atoms with van der Waals surface area (Å²) in [4.78, 5) is 0. The van der Waals surface area contributed by atoms with Gasteiger partial charge < -0.3 is 0 Å².